The van der Waals surface area contributed by atoms with E-state index in [1.807, 2.05) is 18.2 Å². The highest BCUT2D eigenvalue weighted by molar-refractivity contribution is 5.77. The Kier molecular flexibility index (Phi) is 4.59. The predicted octanol–water partition coefficient (Wildman–Crippen LogP) is 2.42. The summed E-state index contributed by atoms with van der Waals surface area (Å²) in [5, 5.41) is 10.2. The molecule has 0 spiro atoms. The predicted molar refractivity (Wildman–Crippen MR) is 98.8 cm³/mol. The average molecular weight is 352 g/mol. The Morgan fingerprint density at radius 3 is 2.81 bits per heavy atom. The molecule has 4 rings (SSSR count). The lowest BCUT2D eigenvalue weighted by molar-refractivity contribution is -0.158. The summed E-state index contributed by atoms with van der Waals surface area (Å²) in [6, 6.07) is 10.4. The van der Waals surface area contributed by atoms with Gasteiger partial charge in [-0.15, -0.1) is 0 Å². The van der Waals surface area contributed by atoms with Gasteiger partial charge >= 0.3 is 5.97 Å². The van der Waals surface area contributed by atoms with E-state index in [1.165, 1.54) is 5.56 Å². The van der Waals surface area contributed by atoms with Crippen molar-refractivity contribution in [2.75, 3.05) is 24.5 Å². The summed E-state index contributed by atoms with van der Waals surface area (Å²) in [4.78, 5) is 25.4. The molecule has 26 heavy (non-hydrogen) atoms. The molecule has 3 heterocycles. The third kappa shape index (κ3) is 3.05. The maximum Gasteiger partial charge on any atom is 0.313 e. The molecule has 0 unspecified atom stereocenters. The number of benzene rings is 1. The van der Waals surface area contributed by atoms with Gasteiger partial charge in [0.05, 0.1) is 6.20 Å². The monoisotopic (exact) mass is 352 g/mol. The Bertz CT molecular complexity index is 755. The van der Waals surface area contributed by atoms with Crippen LogP contribution in [-0.2, 0) is 11.3 Å². The number of hydrogen-bond donors (Lipinski definition) is 1. The van der Waals surface area contributed by atoms with Gasteiger partial charge in [-0.25, -0.2) is 4.98 Å². The van der Waals surface area contributed by atoms with E-state index in [0.717, 1.165) is 44.7 Å². The Morgan fingerprint density at radius 1 is 1.23 bits per heavy atom. The molecule has 2 atom stereocenters. The Morgan fingerprint density at radius 2 is 2.08 bits per heavy atom. The summed E-state index contributed by atoms with van der Waals surface area (Å²) in [6.45, 7) is 3.08. The zero-order valence-corrected chi connectivity index (χ0v) is 14.8. The zero-order valence-electron chi connectivity index (χ0n) is 14.8. The number of hydrogen-bond acceptors (Lipinski definition) is 5. The van der Waals surface area contributed by atoms with E-state index in [1.54, 1.807) is 18.6 Å². The van der Waals surface area contributed by atoms with Gasteiger partial charge in [-0.1, -0.05) is 30.3 Å². The Labute approximate surface area is 153 Å². The molecule has 0 saturated carbocycles. The fraction of sp³-hybridized carbons (Fsp3) is 0.450. The van der Waals surface area contributed by atoms with Gasteiger partial charge in [-0.2, -0.15) is 0 Å². The van der Waals surface area contributed by atoms with Gasteiger partial charge in [0.25, 0.3) is 0 Å². The molecule has 0 radical (unpaired) electrons. The second-order valence-electron chi connectivity index (χ2n) is 7.31. The van der Waals surface area contributed by atoms with Crippen LogP contribution in [0.1, 0.15) is 24.8 Å². The maximum atomic E-state index is 12.4. The highest BCUT2D eigenvalue weighted by atomic mass is 16.4. The van der Waals surface area contributed by atoms with Gasteiger partial charge in [0, 0.05) is 38.1 Å². The summed E-state index contributed by atoms with van der Waals surface area (Å²) in [6.07, 6.45) is 7.48. The van der Waals surface area contributed by atoms with Crippen molar-refractivity contribution in [1.82, 2.24) is 14.9 Å². The van der Waals surface area contributed by atoms with Crippen LogP contribution in [0.3, 0.4) is 0 Å². The molecule has 2 aliphatic rings. The van der Waals surface area contributed by atoms with Crippen molar-refractivity contribution in [2.24, 2.45) is 5.41 Å². The molecular formula is C20H24N4O2. The number of fused-ring (bicyclic) bond motifs is 1. The van der Waals surface area contributed by atoms with Crippen LogP contribution in [0.5, 0.6) is 0 Å². The summed E-state index contributed by atoms with van der Waals surface area (Å²) in [7, 11) is 0. The standard InChI is InChI=1S/C20H24N4O2/c25-19(26)20-8-4-11-23(14-16-5-2-1-3-6-16)17(20)7-12-24(15-20)18-13-21-9-10-22-18/h1-3,5-6,9-10,13,17H,4,7-8,11-12,14-15H2,(H,25,26)/t17-,20+/m1/s1. The normalized spacial score (nSPS) is 26.3. The summed E-state index contributed by atoms with van der Waals surface area (Å²) >= 11 is 0. The highest BCUT2D eigenvalue weighted by Crippen LogP contribution is 2.43. The second-order valence-corrected chi connectivity index (χ2v) is 7.31. The molecule has 136 valence electrons. The van der Waals surface area contributed by atoms with Crippen LogP contribution in [0.4, 0.5) is 5.82 Å². The van der Waals surface area contributed by atoms with Gasteiger partial charge in [0.2, 0.25) is 0 Å². The number of carboxylic acids is 1. The summed E-state index contributed by atoms with van der Waals surface area (Å²) in [5.41, 5.74) is 0.494. The van der Waals surface area contributed by atoms with Crippen LogP contribution < -0.4 is 4.90 Å². The first kappa shape index (κ1) is 17.0. The fourth-order valence-corrected chi connectivity index (χ4v) is 4.58. The Balaban J connectivity index is 1.60. The minimum Gasteiger partial charge on any atom is -0.481 e. The lowest BCUT2D eigenvalue weighted by Crippen LogP contribution is -2.64. The molecule has 2 fully saturated rings. The molecule has 2 aliphatic heterocycles. The molecule has 0 amide bonds. The van der Waals surface area contributed by atoms with Crippen LogP contribution in [0.2, 0.25) is 0 Å². The first-order valence-corrected chi connectivity index (χ1v) is 9.21. The molecule has 1 aromatic carbocycles. The largest absolute Gasteiger partial charge is 0.481 e. The maximum absolute atomic E-state index is 12.4. The number of carbonyl (C=O) groups is 1. The van der Waals surface area contributed by atoms with Crippen molar-refractivity contribution < 1.29 is 9.90 Å². The molecule has 1 aromatic heterocycles. The van der Waals surface area contributed by atoms with Crippen molar-refractivity contribution in [2.45, 2.75) is 31.8 Å². The number of aromatic nitrogens is 2. The average Bonchev–Trinajstić information content (AvgIpc) is 2.69. The van der Waals surface area contributed by atoms with Crippen LogP contribution >= 0.6 is 0 Å². The minimum absolute atomic E-state index is 0.0573. The van der Waals surface area contributed by atoms with E-state index in [4.69, 9.17) is 0 Å². The van der Waals surface area contributed by atoms with E-state index in [2.05, 4.69) is 31.9 Å². The van der Waals surface area contributed by atoms with Crippen LogP contribution in [0.25, 0.3) is 0 Å². The second kappa shape index (κ2) is 7.03. The number of carboxylic acid groups (broad SMARTS) is 1. The highest BCUT2D eigenvalue weighted by Gasteiger charge is 2.53. The summed E-state index contributed by atoms with van der Waals surface area (Å²) in [5.74, 6) is 0.0839. The molecular weight excluding hydrogens is 328 g/mol. The quantitative estimate of drug-likeness (QED) is 0.911. The molecule has 1 N–H and O–H groups in total. The molecule has 6 heteroatoms. The van der Waals surface area contributed by atoms with Gasteiger partial charge in [0.1, 0.15) is 11.2 Å². The van der Waals surface area contributed by atoms with Crippen molar-refractivity contribution in [3.8, 4) is 0 Å². The number of rotatable bonds is 4. The Hall–Kier alpha value is -2.47. The molecule has 2 aromatic rings. The molecule has 0 aliphatic carbocycles. The van der Waals surface area contributed by atoms with Crippen molar-refractivity contribution >= 4 is 11.8 Å². The number of nitrogens with zero attached hydrogens (tertiary/aromatic N) is 4. The van der Waals surface area contributed by atoms with E-state index in [9.17, 15) is 9.90 Å². The number of piperidine rings is 2. The lowest BCUT2D eigenvalue weighted by Gasteiger charge is -2.53. The third-order valence-electron chi connectivity index (χ3n) is 5.82. The number of likely N-dealkylation sites (tertiary alicyclic amines) is 1. The molecule has 0 bridgehead atoms. The van der Waals surface area contributed by atoms with E-state index in [0.29, 0.717) is 6.54 Å². The van der Waals surface area contributed by atoms with Gasteiger partial charge in [-0.3, -0.25) is 14.7 Å². The van der Waals surface area contributed by atoms with Crippen LogP contribution in [0.15, 0.2) is 48.9 Å². The number of anilines is 1. The fourth-order valence-electron chi connectivity index (χ4n) is 4.58. The van der Waals surface area contributed by atoms with Gasteiger partial charge in [-0.05, 0) is 31.4 Å². The molecule has 2 saturated heterocycles. The molecule has 6 nitrogen and oxygen atoms in total. The van der Waals surface area contributed by atoms with Crippen LogP contribution in [0, 0.1) is 5.41 Å². The van der Waals surface area contributed by atoms with Gasteiger partial charge in [0.15, 0.2) is 0 Å². The third-order valence-corrected chi connectivity index (χ3v) is 5.82. The number of aliphatic carboxylic acids is 1. The first-order chi connectivity index (χ1) is 12.7. The lowest BCUT2D eigenvalue weighted by atomic mass is 9.69. The van der Waals surface area contributed by atoms with Crippen molar-refractivity contribution in [1.29, 1.82) is 0 Å². The topological polar surface area (TPSA) is 69.6 Å². The minimum atomic E-state index is -0.747. The van der Waals surface area contributed by atoms with Crippen molar-refractivity contribution in [3.05, 3.63) is 54.5 Å². The van der Waals surface area contributed by atoms with E-state index >= 15 is 0 Å². The van der Waals surface area contributed by atoms with Crippen molar-refractivity contribution in [3.63, 3.8) is 0 Å². The van der Waals surface area contributed by atoms with E-state index < -0.39 is 11.4 Å². The van der Waals surface area contributed by atoms with Crippen LogP contribution in [-0.4, -0.2) is 51.6 Å². The zero-order chi connectivity index (χ0) is 18.0. The SMILES string of the molecule is O=C(O)[C@]12CCCN(Cc3ccccc3)[C@@H]1CCN(c1cnccn1)C2. The summed E-state index contributed by atoms with van der Waals surface area (Å²) < 4.78 is 0. The smallest absolute Gasteiger partial charge is 0.313 e. The first-order valence-electron chi connectivity index (χ1n) is 9.21. The van der Waals surface area contributed by atoms with Gasteiger partial charge < -0.3 is 10.0 Å². The van der Waals surface area contributed by atoms with E-state index in [-0.39, 0.29) is 6.04 Å².